The highest BCUT2D eigenvalue weighted by Gasteiger charge is 2.16. The van der Waals surface area contributed by atoms with E-state index in [0.29, 0.717) is 5.82 Å². The fourth-order valence-corrected chi connectivity index (χ4v) is 1.32. The monoisotopic (exact) mass is 223 g/mol. The van der Waals surface area contributed by atoms with Gasteiger partial charge >= 0.3 is 0 Å². The molecule has 0 aliphatic rings. The van der Waals surface area contributed by atoms with Gasteiger partial charge in [0.25, 0.3) is 0 Å². The molecule has 0 bridgehead atoms. The summed E-state index contributed by atoms with van der Waals surface area (Å²) in [6, 6.07) is 2.71. The van der Waals surface area contributed by atoms with Gasteiger partial charge in [0, 0.05) is 12.6 Å². The molecule has 1 unspecified atom stereocenters. The third-order valence-corrected chi connectivity index (χ3v) is 2.03. The summed E-state index contributed by atoms with van der Waals surface area (Å²) in [5, 5.41) is 21.0. The smallest absolute Gasteiger partial charge is 0.177 e. The van der Waals surface area contributed by atoms with Crippen LogP contribution in [0, 0.1) is 5.82 Å². The lowest BCUT2D eigenvalue weighted by Crippen LogP contribution is -2.08. The molecule has 2 aromatic rings. The lowest BCUT2D eigenvalue weighted by atomic mass is 10.1. The maximum atomic E-state index is 13.3. The first-order chi connectivity index (χ1) is 7.66. The highest BCUT2D eigenvalue weighted by molar-refractivity contribution is 5.11. The van der Waals surface area contributed by atoms with Gasteiger partial charge in [-0.25, -0.2) is 4.39 Å². The van der Waals surface area contributed by atoms with E-state index < -0.39 is 11.9 Å². The Morgan fingerprint density at radius 2 is 2.38 bits per heavy atom. The maximum Gasteiger partial charge on any atom is 0.177 e. The lowest BCUT2D eigenvalue weighted by Gasteiger charge is -2.07. The predicted octanol–water partition coefficient (Wildman–Crippen LogP) is 0.0203. The molecule has 0 fully saturated rings. The molecule has 2 heterocycles. The minimum Gasteiger partial charge on any atom is -0.386 e. The van der Waals surface area contributed by atoms with Gasteiger partial charge in [0.1, 0.15) is 17.6 Å². The number of hydrogen-bond donors (Lipinski definition) is 1. The molecular weight excluding hydrogens is 213 g/mol. The molecule has 2 aromatic heterocycles. The van der Waals surface area contributed by atoms with Gasteiger partial charge < -0.3 is 5.11 Å². The van der Waals surface area contributed by atoms with Crippen molar-refractivity contribution in [2.24, 2.45) is 7.05 Å². The molecule has 0 saturated heterocycles. The van der Waals surface area contributed by atoms with Crippen LogP contribution in [0.1, 0.15) is 17.6 Å². The number of aliphatic hydroxyl groups excluding tert-OH is 1. The van der Waals surface area contributed by atoms with Crippen molar-refractivity contribution in [1.82, 2.24) is 25.2 Å². The molecule has 0 amide bonds. The van der Waals surface area contributed by atoms with Crippen LogP contribution in [0.15, 0.2) is 18.3 Å². The van der Waals surface area contributed by atoms with Gasteiger partial charge in [-0.3, -0.25) is 4.98 Å². The second kappa shape index (κ2) is 4.31. The van der Waals surface area contributed by atoms with E-state index in [9.17, 15) is 9.50 Å². The molecule has 0 radical (unpaired) electrons. The Morgan fingerprint density at radius 1 is 1.56 bits per heavy atom. The Kier molecular flexibility index (Phi) is 2.86. The topological polar surface area (TPSA) is 76.7 Å². The normalized spacial score (nSPS) is 12.7. The van der Waals surface area contributed by atoms with Crippen LogP contribution in [-0.2, 0) is 13.5 Å². The van der Waals surface area contributed by atoms with E-state index in [1.54, 1.807) is 7.05 Å². The van der Waals surface area contributed by atoms with Crippen molar-refractivity contribution in [3.63, 3.8) is 0 Å². The molecule has 84 valence electrons. The van der Waals surface area contributed by atoms with Crippen molar-refractivity contribution in [3.8, 4) is 0 Å². The van der Waals surface area contributed by atoms with E-state index in [-0.39, 0.29) is 12.1 Å². The summed E-state index contributed by atoms with van der Waals surface area (Å²) >= 11 is 0. The van der Waals surface area contributed by atoms with Gasteiger partial charge in [0.2, 0.25) is 0 Å². The van der Waals surface area contributed by atoms with Crippen molar-refractivity contribution in [3.05, 3.63) is 35.7 Å². The number of aromatic nitrogens is 5. The summed E-state index contributed by atoms with van der Waals surface area (Å²) in [7, 11) is 1.62. The first-order valence-electron chi connectivity index (χ1n) is 4.68. The zero-order valence-electron chi connectivity index (χ0n) is 8.58. The number of halogens is 1. The van der Waals surface area contributed by atoms with Crippen LogP contribution in [0.25, 0.3) is 0 Å². The first kappa shape index (κ1) is 10.6. The van der Waals surface area contributed by atoms with Crippen molar-refractivity contribution in [2.75, 3.05) is 0 Å². The summed E-state index contributed by atoms with van der Waals surface area (Å²) in [4.78, 5) is 5.05. The number of aryl methyl sites for hydroxylation is 1. The second-order valence-corrected chi connectivity index (χ2v) is 3.29. The third-order valence-electron chi connectivity index (χ3n) is 2.03. The second-order valence-electron chi connectivity index (χ2n) is 3.29. The van der Waals surface area contributed by atoms with Gasteiger partial charge in [-0.1, -0.05) is 0 Å². The summed E-state index contributed by atoms with van der Waals surface area (Å²) in [6.07, 6.45) is 0.443. The molecule has 0 aliphatic heterocycles. The molecular formula is C9H10FN5O. The lowest BCUT2D eigenvalue weighted by molar-refractivity contribution is 0.165. The van der Waals surface area contributed by atoms with Gasteiger partial charge in [-0.2, -0.15) is 4.80 Å². The van der Waals surface area contributed by atoms with E-state index in [4.69, 9.17) is 0 Å². The van der Waals surface area contributed by atoms with Gasteiger partial charge in [-0.15, -0.1) is 10.2 Å². The van der Waals surface area contributed by atoms with Crippen molar-refractivity contribution in [1.29, 1.82) is 0 Å². The summed E-state index contributed by atoms with van der Waals surface area (Å²) in [6.45, 7) is 0. The van der Waals surface area contributed by atoms with E-state index in [1.807, 2.05) is 0 Å². The number of rotatable bonds is 3. The molecule has 16 heavy (non-hydrogen) atoms. The van der Waals surface area contributed by atoms with Crippen molar-refractivity contribution >= 4 is 0 Å². The average molecular weight is 223 g/mol. The molecule has 0 spiro atoms. The zero-order valence-corrected chi connectivity index (χ0v) is 8.58. The number of nitrogens with zero attached hydrogens (tertiary/aromatic N) is 5. The standard InChI is InChI=1S/C9H10FN5O/c1-15-13-8(12-14-15)5-7(16)9-6(10)3-2-4-11-9/h2-4,7,16H,5H2,1H3. The number of hydrogen-bond acceptors (Lipinski definition) is 5. The highest BCUT2D eigenvalue weighted by Crippen LogP contribution is 2.16. The van der Waals surface area contributed by atoms with Crippen LogP contribution in [0.3, 0.4) is 0 Å². The van der Waals surface area contributed by atoms with Gasteiger partial charge in [0.15, 0.2) is 5.82 Å². The Bertz CT molecular complexity index is 486. The molecule has 1 atom stereocenters. The van der Waals surface area contributed by atoms with Crippen molar-refractivity contribution < 1.29 is 9.50 Å². The molecule has 0 saturated carbocycles. The van der Waals surface area contributed by atoms with E-state index in [0.717, 1.165) is 0 Å². The zero-order chi connectivity index (χ0) is 11.5. The SMILES string of the molecule is Cn1nnc(CC(O)c2ncccc2F)n1. The van der Waals surface area contributed by atoms with Gasteiger partial charge in [-0.05, 0) is 17.3 Å². The molecule has 0 aliphatic carbocycles. The Hall–Kier alpha value is -1.89. The molecule has 7 heteroatoms. The summed E-state index contributed by atoms with van der Waals surface area (Å²) in [5.41, 5.74) is -0.00467. The van der Waals surface area contributed by atoms with E-state index in [2.05, 4.69) is 20.4 Å². The fourth-order valence-electron chi connectivity index (χ4n) is 1.32. The van der Waals surface area contributed by atoms with E-state index in [1.165, 1.54) is 23.1 Å². The molecule has 2 rings (SSSR count). The van der Waals surface area contributed by atoms with Crippen LogP contribution in [0.5, 0.6) is 0 Å². The van der Waals surface area contributed by atoms with Gasteiger partial charge in [0.05, 0.1) is 7.05 Å². The van der Waals surface area contributed by atoms with Crippen LogP contribution >= 0.6 is 0 Å². The number of aliphatic hydroxyl groups is 1. The summed E-state index contributed by atoms with van der Waals surface area (Å²) in [5.74, 6) is -0.195. The Morgan fingerprint density at radius 3 is 3.00 bits per heavy atom. The molecule has 6 nitrogen and oxygen atoms in total. The van der Waals surface area contributed by atoms with Crippen LogP contribution in [-0.4, -0.2) is 30.3 Å². The van der Waals surface area contributed by atoms with Crippen LogP contribution in [0.4, 0.5) is 4.39 Å². The minimum absolute atomic E-state index is 0.00467. The van der Waals surface area contributed by atoms with Crippen LogP contribution < -0.4 is 0 Å². The third kappa shape index (κ3) is 2.19. The average Bonchev–Trinajstić information content (AvgIpc) is 2.64. The predicted molar refractivity (Wildman–Crippen MR) is 51.7 cm³/mol. The van der Waals surface area contributed by atoms with E-state index >= 15 is 0 Å². The Balaban J connectivity index is 2.14. The van der Waals surface area contributed by atoms with Crippen LogP contribution in [0.2, 0.25) is 0 Å². The largest absolute Gasteiger partial charge is 0.386 e. The first-order valence-corrected chi connectivity index (χ1v) is 4.68. The fraction of sp³-hybridized carbons (Fsp3) is 0.333. The number of tetrazole rings is 1. The highest BCUT2D eigenvalue weighted by atomic mass is 19.1. The summed E-state index contributed by atoms with van der Waals surface area (Å²) < 4.78 is 13.3. The number of pyridine rings is 1. The maximum absolute atomic E-state index is 13.3. The van der Waals surface area contributed by atoms with Crippen molar-refractivity contribution in [2.45, 2.75) is 12.5 Å². The molecule has 1 N–H and O–H groups in total. The quantitative estimate of drug-likeness (QED) is 0.793. The Labute approximate surface area is 90.7 Å². The molecule has 0 aromatic carbocycles. The minimum atomic E-state index is -1.06.